The van der Waals surface area contributed by atoms with Crippen molar-refractivity contribution in [3.8, 4) is 11.1 Å². The molecule has 1 aromatic carbocycles. The van der Waals surface area contributed by atoms with E-state index in [1.54, 1.807) is 12.3 Å². The molecule has 0 spiro atoms. The van der Waals surface area contributed by atoms with E-state index in [0.717, 1.165) is 10.9 Å². The van der Waals surface area contributed by atoms with E-state index in [1.165, 1.54) is 6.20 Å². The number of nitrogens with two attached hydrogens (primary N) is 1. The van der Waals surface area contributed by atoms with Crippen molar-refractivity contribution in [2.75, 3.05) is 5.73 Å². The summed E-state index contributed by atoms with van der Waals surface area (Å²) in [6.07, 6.45) is 3.05. The highest BCUT2D eigenvalue weighted by molar-refractivity contribution is 6.01. The van der Waals surface area contributed by atoms with E-state index < -0.39 is 11.2 Å². The van der Waals surface area contributed by atoms with E-state index in [-0.39, 0.29) is 0 Å². The molecule has 2 heterocycles. The zero-order chi connectivity index (χ0) is 14.3. The molecule has 6 nitrogen and oxygen atoms in total. The summed E-state index contributed by atoms with van der Waals surface area (Å²) in [5.74, 6) is 0. The molecule has 0 aliphatic heterocycles. The van der Waals surface area contributed by atoms with Crippen LogP contribution in [0, 0.1) is 6.92 Å². The summed E-state index contributed by atoms with van der Waals surface area (Å²) in [7, 11) is 0. The topological polar surface area (TPSA) is 105 Å². The number of aryl methyl sites for hydroxylation is 1. The fourth-order valence-corrected chi connectivity index (χ4v) is 2.23. The molecule has 0 saturated heterocycles. The van der Waals surface area contributed by atoms with Crippen LogP contribution in [0.1, 0.15) is 5.56 Å². The highest BCUT2D eigenvalue weighted by Crippen LogP contribution is 2.31. The molecule has 0 bridgehead atoms. The predicted octanol–water partition coefficient (Wildman–Crippen LogP) is 1.17. The van der Waals surface area contributed by atoms with Crippen LogP contribution in [-0.4, -0.2) is 15.0 Å². The number of hydrogen-bond donors (Lipinski definition) is 3. The average molecular weight is 268 g/mol. The second kappa shape index (κ2) is 4.34. The Morgan fingerprint density at radius 1 is 1.25 bits per heavy atom. The monoisotopic (exact) mass is 268 g/mol. The minimum atomic E-state index is -0.534. The maximum absolute atomic E-state index is 12.0. The van der Waals surface area contributed by atoms with Crippen LogP contribution in [0.3, 0.4) is 0 Å². The fraction of sp³-hybridized carbons (Fsp3) is 0.0714. The van der Waals surface area contributed by atoms with Crippen molar-refractivity contribution >= 4 is 16.6 Å². The van der Waals surface area contributed by atoms with Gasteiger partial charge in [-0.25, -0.2) is 4.79 Å². The molecular formula is C14H12N4O2. The number of nitrogens with zero attached hydrogens (tertiary/aromatic N) is 1. The molecule has 3 aromatic rings. The molecule has 4 N–H and O–H groups in total. The first kappa shape index (κ1) is 12.2. The van der Waals surface area contributed by atoms with Crippen LogP contribution in [-0.2, 0) is 0 Å². The lowest BCUT2D eigenvalue weighted by Crippen LogP contribution is -2.22. The van der Waals surface area contributed by atoms with Gasteiger partial charge in [-0.05, 0) is 30.2 Å². The molecule has 0 amide bonds. The van der Waals surface area contributed by atoms with Crippen LogP contribution < -0.4 is 17.0 Å². The van der Waals surface area contributed by atoms with Gasteiger partial charge in [0.25, 0.3) is 5.56 Å². The number of aromatic nitrogens is 3. The van der Waals surface area contributed by atoms with E-state index in [4.69, 9.17) is 5.73 Å². The zero-order valence-corrected chi connectivity index (χ0v) is 10.7. The number of benzene rings is 1. The van der Waals surface area contributed by atoms with E-state index in [2.05, 4.69) is 15.0 Å². The molecule has 3 rings (SSSR count). The van der Waals surface area contributed by atoms with E-state index >= 15 is 0 Å². The molecule has 0 aliphatic carbocycles. The van der Waals surface area contributed by atoms with Crippen LogP contribution in [0.4, 0.5) is 5.69 Å². The summed E-state index contributed by atoms with van der Waals surface area (Å²) in [6, 6.07) is 5.45. The number of pyridine rings is 1. The number of nitrogen functional groups attached to an aromatic ring is 1. The van der Waals surface area contributed by atoms with Crippen molar-refractivity contribution in [1.82, 2.24) is 15.0 Å². The van der Waals surface area contributed by atoms with Gasteiger partial charge in [0.1, 0.15) is 0 Å². The van der Waals surface area contributed by atoms with E-state index in [9.17, 15) is 9.59 Å². The van der Waals surface area contributed by atoms with Gasteiger partial charge in [0.2, 0.25) is 0 Å². The Morgan fingerprint density at radius 3 is 2.80 bits per heavy atom. The van der Waals surface area contributed by atoms with E-state index in [0.29, 0.717) is 22.3 Å². The van der Waals surface area contributed by atoms with Crippen molar-refractivity contribution < 1.29 is 0 Å². The summed E-state index contributed by atoms with van der Waals surface area (Å²) in [4.78, 5) is 32.0. The Hall–Kier alpha value is -2.89. The molecule has 0 fully saturated rings. The first-order valence-electron chi connectivity index (χ1n) is 6.04. The Bertz CT molecular complexity index is 924. The summed E-state index contributed by atoms with van der Waals surface area (Å²) >= 11 is 0. The first-order valence-corrected chi connectivity index (χ1v) is 6.04. The largest absolute Gasteiger partial charge is 0.397 e. The standard InChI is InChI=1S/C14H12N4O2/c1-7-5-9(10-6-17-14(20)18-13(10)19)8-3-2-4-16-12(8)11(7)15/h2-6H,15H2,1H3,(H2,17,18,19,20). The summed E-state index contributed by atoms with van der Waals surface area (Å²) < 4.78 is 0. The highest BCUT2D eigenvalue weighted by atomic mass is 16.2. The lowest BCUT2D eigenvalue weighted by molar-refractivity contribution is 1.04. The quantitative estimate of drug-likeness (QED) is 0.576. The molecular weight excluding hydrogens is 256 g/mol. The minimum absolute atomic E-state index is 0.380. The van der Waals surface area contributed by atoms with Crippen LogP contribution in [0.15, 0.2) is 40.2 Å². The normalized spacial score (nSPS) is 10.8. The smallest absolute Gasteiger partial charge is 0.325 e. The average Bonchev–Trinajstić information content (AvgIpc) is 2.43. The third kappa shape index (κ3) is 1.78. The summed E-state index contributed by atoms with van der Waals surface area (Å²) in [5, 5.41) is 0.771. The lowest BCUT2D eigenvalue weighted by atomic mass is 9.99. The Kier molecular flexibility index (Phi) is 2.64. The Balaban J connectivity index is 2.45. The molecule has 0 saturated carbocycles. The van der Waals surface area contributed by atoms with Crippen LogP contribution in [0.2, 0.25) is 0 Å². The van der Waals surface area contributed by atoms with Crippen LogP contribution in [0.5, 0.6) is 0 Å². The molecule has 0 atom stereocenters. The number of rotatable bonds is 1. The van der Waals surface area contributed by atoms with Gasteiger partial charge in [0, 0.05) is 17.8 Å². The van der Waals surface area contributed by atoms with Gasteiger partial charge in [-0.1, -0.05) is 6.07 Å². The van der Waals surface area contributed by atoms with Crippen LogP contribution in [0.25, 0.3) is 22.0 Å². The van der Waals surface area contributed by atoms with Gasteiger partial charge < -0.3 is 10.7 Å². The second-order valence-electron chi connectivity index (χ2n) is 4.54. The number of nitrogens with one attached hydrogen (secondary N) is 2. The molecule has 0 aliphatic rings. The zero-order valence-electron chi connectivity index (χ0n) is 10.7. The third-order valence-electron chi connectivity index (χ3n) is 3.25. The number of fused-ring (bicyclic) bond motifs is 1. The number of hydrogen-bond acceptors (Lipinski definition) is 4. The van der Waals surface area contributed by atoms with E-state index in [1.807, 2.05) is 19.1 Å². The number of H-pyrrole nitrogens is 2. The van der Waals surface area contributed by atoms with Crippen LogP contribution >= 0.6 is 0 Å². The van der Waals surface area contributed by atoms with Crippen molar-refractivity contribution in [2.24, 2.45) is 0 Å². The minimum Gasteiger partial charge on any atom is -0.397 e. The lowest BCUT2D eigenvalue weighted by Gasteiger charge is -2.10. The molecule has 100 valence electrons. The van der Waals surface area contributed by atoms with Crippen molar-refractivity contribution in [2.45, 2.75) is 6.92 Å². The van der Waals surface area contributed by atoms with Crippen molar-refractivity contribution in [3.05, 3.63) is 57.0 Å². The maximum Gasteiger partial charge on any atom is 0.325 e. The highest BCUT2D eigenvalue weighted by Gasteiger charge is 2.12. The Labute approximate surface area is 113 Å². The number of anilines is 1. The Morgan fingerprint density at radius 2 is 2.05 bits per heavy atom. The summed E-state index contributed by atoms with van der Waals surface area (Å²) in [5.41, 5.74) is 8.18. The molecule has 20 heavy (non-hydrogen) atoms. The molecule has 2 aromatic heterocycles. The third-order valence-corrected chi connectivity index (χ3v) is 3.25. The van der Waals surface area contributed by atoms with Gasteiger partial charge in [-0.2, -0.15) is 0 Å². The SMILES string of the molecule is Cc1cc(-c2c[nH]c(=O)[nH]c2=O)c2cccnc2c1N. The van der Waals surface area contributed by atoms with Gasteiger partial charge in [-0.3, -0.25) is 14.8 Å². The van der Waals surface area contributed by atoms with Gasteiger partial charge in [0.05, 0.1) is 16.8 Å². The summed E-state index contributed by atoms with van der Waals surface area (Å²) in [6.45, 7) is 1.85. The number of aromatic amines is 2. The van der Waals surface area contributed by atoms with Crippen molar-refractivity contribution in [3.63, 3.8) is 0 Å². The van der Waals surface area contributed by atoms with Gasteiger partial charge >= 0.3 is 5.69 Å². The predicted molar refractivity (Wildman–Crippen MR) is 77.6 cm³/mol. The molecule has 0 radical (unpaired) electrons. The fourth-order valence-electron chi connectivity index (χ4n) is 2.23. The van der Waals surface area contributed by atoms with Gasteiger partial charge in [-0.15, -0.1) is 0 Å². The second-order valence-corrected chi connectivity index (χ2v) is 4.54. The molecule has 6 heteroatoms. The van der Waals surface area contributed by atoms with Gasteiger partial charge in [0.15, 0.2) is 0 Å². The first-order chi connectivity index (χ1) is 9.58. The van der Waals surface area contributed by atoms with Crippen molar-refractivity contribution in [1.29, 1.82) is 0 Å². The molecule has 0 unspecified atom stereocenters. The maximum atomic E-state index is 12.0.